The lowest BCUT2D eigenvalue weighted by Gasteiger charge is -2.15. The summed E-state index contributed by atoms with van der Waals surface area (Å²) in [5.41, 5.74) is 10.7. The van der Waals surface area contributed by atoms with Crippen LogP contribution in [0.1, 0.15) is 23.0 Å². The van der Waals surface area contributed by atoms with E-state index < -0.39 is 0 Å². The van der Waals surface area contributed by atoms with E-state index in [-0.39, 0.29) is 6.04 Å². The fourth-order valence-electron chi connectivity index (χ4n) is 2.74. The Morgan fingerprint density at radius 2 is 2.00 bits per heavy atom. The smallest absolute Gasteiger partial charge is 0.111 e. The van der Waals surface area contributed by atoms with Gasteiger partial charge in [-0.2, -0.15) is 0 Å². The van der Waals surface area contributed by atoms with Gasteiger partial charge in [-0.15, -0.1) is 0 Å². The van der Waals surface area contributed by atoms with Crippen molar-refractivity contribution in [3.05, 3.63) is 64.4 Å². The molecule has 2 N–H and O–H groups in total. The van der Waals surface area contributed by atoms with Gasteiger partial charge in [0.25, 0.3) is 0 Å². The van der Waals surface area contributed by atoms with Gasteiger partial charge in [0.2, 0.25) is 0 Å². The van der Waals surface area contributed by atoms with Crippen LogP contribution < -0.4 is 5.73 Å². The van der Waals surface area contributed by atoms with Gasteiger partial charge in [-0.3, -0.25) is 0 Å². The molecule has 1 unspecified atom stereocenters. The van der Waals surface area contributed by atoms with Crippen LogP contribution in [0.15, 0.2) is 42.5 Å². The Labute approximate surface area is 129 Å². The number of halogens is 1. The molecule has 2 aromatic carbocycles. The predicted molar refractivity (Wildman–Crippen MR) is 87.5 cm³/mol. The molecule has 1 aromatic heterocycles. The number of para-hydroxylation sites is 2. The minimum atomic E-state index is -0.0854. The number of imidazole rings is 1. The molecule has 21 heavy (non-hydrogen) atoms. The molecular weight excluding hydrogens is 282 g/mol. The molecule has 0 aliphatic rings. The summed E-state index contributed by atoms with van der Waals surface area (Å²) in [6, 6.07) is 13.9. The SMILES string of the molecule is Cc1cc(Cl)ccc1C(N)Cc1nc2ccccc2n1C. The minimum Gasteiger partial charge on any atom is -0.331 e. The molecule has 0 bridgehead atoms. The molecule has 0 fully saturated rings. The van der Waals surface area contributed by atoms with Crippen molar-refractivity contribution in [2.24, 2.45) is 12.8 Å². The van der Waals surface area contributed by atoms with Crippen LogP contribution in [0, 0.1) is 6.92 Å². The zero-order chi connectivity index (χ0) is 15.0. The number of aromatic nitrogens is 2. The Hall–Kier alpha value is -1.84. The van der Waals surface area contributed by atoms with Crippen LogP contribution in [0.25, 0.3) is 11.0 Å². The lowest BCUT2D eigenvalue weighted by Crippen LogP contribution is -2.16. The van der Waals surface area contributed by atoms with E-state index in [4.69, 9.17) is 17.3 Å². The lowest BCUT2D eigenvalue weighted by atomic mass is 9.99. The molecule has 0 radical (unpaired) electrons. The highest BCUT2D eigenvalue weighted by molar-refractivity contribution is 6.30. The van der Waals surface area contributed by atoms with Gasteiger partial charge >= 0.3 is 0 Å². The molecule has 0 amide bonds. The number of nitrogens with two attached hydrogens (primary N) is 1. The zero-order valence-corrected chi connectivity index (χ0v) is 12.9. The van der Waals surface area contributed by atoms with Crippen LogP contribution in [0.3, 0.4) is 0 Å². The Bertz CT molecular complexity index is 792. The number of nitrogens with zero attached hydrogens (tertiary/aromatic N) is 2. The lowest BCUT2D eigenvalue weighted by molar-refractivity contribution is 0.662. The summed E-state index contributed by atoms with van der Waals surface area (Å²) in [7, 11) is 2.03. The molecule has 0 saturated carbocycles. The number of benzene rings is 2. The Morgan fingerprint density at radius 3 is 2.71 bits per heavy atom. The first-order valence-electron chi connectivity index (χ1n) is 6.98. The number of fused-ring (bicyclic) bond motifs is 1. The molecule has 3 aromatic rings. The van der Waals surface area contributed by atoms with Gasteiger partial charge in [-0.05, 0) is 42.3 Å². The average molecular weight is 300 g/mol. The third-order valence-electron chi connectivity index (χ3n) is 3.91. The number of hydrogen-bond acceptors (Lipinski definition) is 2. The van der Waals surface area contributed by atoms with Crippen molar-refractivity contribution >= 4 is 22.6 Å². The van der Waals surface area contributed by atoms with Crippen molar-refractivity contribution in [2.75, 3.05) is 0 Å². The maximum Gasteiger partial charge on any atom is 0.111 e. The first kappa shape index (κ1) is 14.1. The standard InChI is InChI=1S/C17H18ClN3/c1-11-9-12(18)7-8-13(11)14(19)10-17-20-15-5-3-4-6-16(15)21(17)2/h3-9,14H,10,19H2,1-2H3. The first-order valence-corrected chi connectivity index (χ1v) is 7.36. The highest BCUT2D eigenvalue weighted by Gasteiger charge is 2.14. The minimum absolute atomic E-state index is 0.0854. The monoisotopic (exact) mass is 299 g/mol. The molecule has 3 rings (SSSR count). The number of hydrogen-bond donors (Lipinski definition) is 1. The molecule has 0 aliphatic carbocycles. The second-order valence-electron chi connectivity index (χ2n) is 5.39. The molecular formula is C17H18ClN3. The molecule has 3 nitrogen and oxygen atoms in total. The highest BCUT2D eigenvalue weighted by Crippen LogP contribution is 2.24. The number of rotatable bonds is 3. The van der Waals surface area contributed by atoms with Crippen molar-refractivity contribution in [1.29, 1.82) is 0 Å². The Kier molecular flexibility index (Phi) is 3.70. The maximum absolute atomic E-state index is 6.37. The van der Waals surface area contributed by atoms with E-state index in [9.17, 15) is 0 Å². The Morgan fingerprint density at radius 1 is 1.24 bits per heavy atom. The van der Waals surface area contributed by atoms with Crippen LogP contribution >= 0.6 is 11.6 Å². The first-order chi connectivity index (χ1) is 10.1. The van der Waals surface area contributed by atoms with Crippen LogP contribution in [0.4, 0.5) is 0 Å². The summed E-state index contributed by atoms with van der Waals surface area (Å²) in [6.45, 7) is 2.04. The summed E-state index contributed by atoms with van der Waals surface area (Å²) in [6.07, 6.45) is 0.702. The largest absolute Gasteiger partial charge is 0.331 e. The molecule has 0 saturated heterocycles. The van der Waals surface area contributed by atoms with Crippen molar-refractivity contribution in [2.45, 2.75) is 19.4 Å². The van der Waals surface area contributed by atoms with Crippen molar-refractivity contribution in [1.82, 2.24) is 9.55 Å². The van der Waals surface area contributed by atoms with Gasteiger partial charge < -0.3 is 10.3 Å². The fraction of sp³-hybridized carbons (Fsp3) is 0.235. The summed E-state index contributed by atoms with van der Waals surface area (Å²) >= 11 is 6.00. The van der Waals surface area contributed by atoms with Crippen molar-refractivity contribution < 1.29 is 0 Å². The Balaban J connectivity index is 1.92. The van der Waals surface area contributed by atoms with Crippen LogP contribution in [0.2, 0.25) is 5.02 Å². The van der Waals surface area contributed by atoms with Gasteiger partial charge in [0.1, 0.15) is 5.82 Å². The second-order valence-corrected chi connectivity index (χ2v) is 5.82. The predicted octanol–water partition coefficient (Wildman–Crippen LogP) is 3.78. The molecule has 1 atom stereocenters. The zero-order valence-electron chi connectivity index (χ0n) is 12.2. The normalized spacial score (nSPS) is 12.8. The van der Waals surface area contributed by atoms with E-state index >= 15 is 0 Å². The molecule has 4 heteroatoms. The van der Waals surface area contributed by atoms with Crippen molar-refractivity contribution in [3.63, 3.8) is 0 Å². The summed E-state index contributed by atoms with van der Waals surface area (Å²) in [4.78, 5) is 4.68. The van der Waals surface area contributed by atoms with E-state index in [0.717, 1.165) is 33.0 Å². The van der Waals surface area contributed by atoms with Gasteiger partial charge in [0.05, 0.1) is 11.0 Å². The molecule has 1 heterocycles. The van der Waals surface area contributed by atoms with Gasteiger partial charge in [-0.1, -0.05) is 29.8 Å². The summed E-state index contributed by atoms with van der Waals surface area (Å²) in [5.74, 6) is 0.998. The third-order valence-corrected chi connectivity index (χ3v) is 4.15. The van der Waals surface area contributed by atoms with Gasteiger partial charge in [0, 0.05) is 24.5 Å². The van der Waals surface area contributed by atoms with Crippen LogP contribution in [-0.4, -0.2) is 9.55 Å². The van der Waals surface area contributed by atoms with Gasteiger partial charge in [-0.25, -0.2) is 4.98 Å². The van der Waals surface area contributed by atoms with E-state index in [1.165, 1.54) is 0 Å². The topological polar surface area (TPSA) is 43.8 Å². The summed E-state index contributed by atoms with van der Waals surface area (Å²) < 4.78 is 2.11. The van der Waals surface area contributed by atoms with Crippen molar-refractivity contribution in [3.8, 4) is 0 Å². The average Bonchev–Trinajstić information content (AvgIpc) is 2.76. The summed E-state index contributed by atoms with van der Waals surface area (Å²) in [5, 5.41) is 0.742. The molecule has 0 spiro atoms. The van der Waals surface area contributed by atoms with Crippen LogP contribution in [-0.2, 0) is 13.5 Å². The molecule has 0 aliphatic heterocycles. The van der Waals surface area contributed by atoms with Gasteiger partial charge in [0.15, 0.2) is 0 Å². The fourth-order valence-corrected chi connectivity index (χ4v) is 2.97. The highest BCUT2D eigenvalue weighted by atomic mass is 35.5. The quantitative estimate of drug-likeness (QED) is 0.800. The van der Waals surface area contributed by atoms with E-state index in [0.29, 0.717) is 6.42 Å². The second kappa shape index (κ2) is 5.51. The third kappa shape index (κ3) is 2.67. The van der Waals surface area contributed by atoms with E-state index in [1.807, 2.05) is 50.4 Å². The van der Waals surface area contributed by atoms with E-state index in [1.54, 1.807) is 0 Å². The maximum atomic E-state index is 6.37. The number of aryl methyl sites for hydroxylation is 2. The van der Waals surface area contributed by atoms with E-state index in [2.05, 4.69) is 15.6 Å². The molecule has 108 valence electrons. The van der Waals surface area contributed by atoms with Crippen LogP contribution in [0.5, 0.6) is 0 Å².